The van der Waals surface area contributed by atoms with Gasteiger partial charge < -0.3 is 16.0 Å². The summed E-state index contributed by atoms with van der Waals surface area (Å²) in [7, 11) is 0. The summed E-state index contributed by atoms with van der Waals surface area (Å²) in [6.45, 7) is 0.310. The molecular weight excluding hydrogens is 406 g/mol. The van der Waals surface area contributed by atoms with Gasteiger partial charge in [0, 0.05) is 16.7 Å². The molecule has 3 rings (SSSR count). The number of carbonyl (C=O) groups excluding carboxylic acids is 3. The first kappa shape index (κ1) is 22.7. The molecule has 0 saturated carbocycles. The van der Waals surface area contributed by atoms with Crippen molar-refractivity contribution in [2.45, 2.75) is 0 Å². The van der Waals surface area contributed by atoms with Gasteiger partial charge in [-0.25, -0.2) is 10.4 Å². The van der Waals surface area contributed by atoms with E-state index < -0.39 is 0 Å². The number of nitrogens with zero attached hydrogens (tertiary/aromatic N) is 1. The second kappa shape index (κ2) is 12.0. The van der Waals surface area contributed by atoms with Crippen LogP contribution in [-0.4, -0.2) is 42.7 Å². The summed E-state index contributed by atoms with van der Waals surface area (Å²) < 4.78 is 0. The molecule has 0 spiro atoms. The van der Waals surface area contributed by atoms with Crippen LogP contribution >= 0.6 is 0 Å². The average Bonchev–Trinajstić information content (AvgIpc) is 2.86. The fourth-order valence-electron chi connectivity index (χ4n) is 2.81. The maximum atomic E-state index is 12.4. The minimum absolute atomic E-state index is 0.101. The molecule has 0 atom stereocenters. The van der Waals surface area contributed by atoms with E-state index in [-0.39, 0.29) is 37.7 Å². The van der Waals surface area contributed by atoms with Gasteiger partial charge >= 0.3 is 0 Å². The number of hydrogen-bond donors (Lipinski definition) is 4. The van der Waals surface area contributed by atoms with Crippen LogP contribution in [0, 0.1) is 0 Å². The number of rotatable bonds is 10. The molecule has 0 fully saturated rings. The Hall–Kier alpha value is -4.01. The predicted molar refractivity (Wildman–Crippen MR) is 121 cm³/mol. The Labute approximate surface area is 186 Å². The highest BCUT2D eigenvalue weighted by Crippen LogP contribution is 2.00. The SMILES string of the molecule is O=C(NCNN(CNC(=O)c1ccccc1)CNC(=O)c1ccccc1)c1ccccc1. The third-order valence-electron chi connectivity index (χ3n) is 4.52. The quantitative estimate of drug-likeness (QED) is 0.290. The van der Waals surface area contributed by atoms with Crippen molar-refractivity contribution in [3.8, 4) is 0 Å². The third-order valence-corrected chi connectivity index (χ3v) is 4.52. The van der Waals surface area contributed by atoms with Crippen LogP contribution < -0.4 is 21.4 Å². The molecule has 4 N–H and O–H groups in total. The van der Waals surface area contributed by atoms with Crippen LogP contribution in [0.15, 0.2) is 91.0 Å². The van der Waals surface area contributed by atoms with Crippen molar-refractivity contribution in [1.29, 1.82) is 0 Å². The fourth-order valence-corrected chi connectivity index (χ4v) is 2.81. The minimum atomic E-state index is -0.250. The van der Waals surface area contributed by atoms with E-state index in [1.807, 2.05) is 18.2 Å². The van der Waals surface area contributed by atoms with Gasteiger partial charge in [0.05, 0.1) is 20.0 Å². The van der Waals surface area contributed by atoms with E-state index in [1.54, 1.807) is 77.8 Å². The van der Waals surface area contributed by atoms with Gasteiger partial charge in [-0.1, -0.05) is 54.6 Å². The molecule has 0 radical (unpaired) electrons. The number of hydrogen-bond acceptors (Lipinski definition) is 5. The lowest BCUT2D eigenvalue weighted by atomic mass is 10.2. The lowest BCUT2D eigenvalue weighted by Crippen LogP contribution is -2.53. The number of hydrazine groups is 1. The van der Waals surface area contributed by atoms with E-state index in [4.69, 9.17) is 0 Å². The molecule has 0 unspecified atom stereocenters. The highest BCUT2D eigenvalue weighted by molar-refractivity contribution is 5.95. The van der Waals surface area contributed by atoms with Gasteiger partial charge in [0.2, 0.25) is 0 Å². The van der Waals surface area contributed by atoms with E-state index >= 15 is 0 Å². The topological polar surface area (TPSA) is 103 Å². The first-order chi connectivity index (χ1) is 15.6. The molecule has 3 aromatic carbocycles. The Morgan fingerprint density at radius 3 is 1.25 bits per heavy atom. The largest absolute Gasteiger partial charge is 0.338 e. The Morgan fingerprint density at radius 1 is 0.531 bits per heavy atom. The van der Waals surface area contributed by atoms with Crippen LogP contribution in [0.2, 0.25) is 0 Å². The molecular formula is C24H25N5O3. The zero-order chi connectivity index (χ0) is 22.6. The Bertz CT molecular complexity index is 958. The summed E-state index contributed by atoms with van der Waals surface area (Å²) in [5.74, 6) is -0.736. The Kier molecular flexibility index (Phi) is 8.50. The monoisotopic (exact) mass is 431 g/mol. The maximum absolute atomic E-state index is 12.4. The molecule has 0 bridgehead atoms. The van der Waals surface area contributed by atoms with Crippen molar-refractivity contribution in [3.05, 3.63) is 108 Å². The Balaban J connectivity index is 1.54. The normalized spacial score (nSPS) is 10.4. The molecule has 0 heterocycles. The van der Waals surface area contributed by atoms with Crippen LogP contribution in [0.3, 0.4) is 0 Å². The molecule has 0 aliphatic heterocycles. The fraction of sp³-hybridized carbons (Fsp3) is 0.125. The molecule has 0 aliphatic rings. The van der Waals surface area contributed by atoms with Crippen molar-refractivity contribution >= 4 is 17.7 Å². The lowest BCUT2D eigenvalue weighted by molar-refractivity contribution is 0.0801. The third kappa shape index (κ3) is 7.05. The van der Waals surface area contributed by atoms with Gasteiger partial charge in [-0.2, -0.15) is 0 Å². The summed E-state index contributed by atoms with van der Waals surface area (Å²) in [6, 6.07) is 26.5. The van der Waals surface area contributed by atoms with E-state index in [2.05, 4.69) is 21.4 Å². The van der Waals surface area contributed by atoms with Gasteiger partial charge in [0.1, 0.15) is 0 Å². The molecule has 3 aromatic rings. The zero-order valence-corrected chi connectivity index (χ0v) is 17.5. The minimum Gasteiger partial charge on any atom is -0.338 e. The summed E-state index contributed by atoms with van der Waals surface area (Å²) in [4.78, 5) is 36.9. The molecule has 3 amide bonds. The number of benzene rings is 3. The maximum Gasteiger partial charge on any atom is 0.252 e. The molecule has 0 aliphatic carbocycles. The molecule has 164 valence electrons. The highest BCUT2D eigenvalue weighted by atomic mass is 16.2. The second-order valence-electron chi connectivity index (χ2n) is 6.81. The summed E-state index contributed by atoms with van der Waals surface area (Å²) >= 11 is 0. The van der Waals surface area contributed by atoms with Gasteiger partial charge in [-0.05, 0) is 36.4 Å². The summed E-state index contributed by atoms with van der Waals surface area (Å²) in [6.07, 6.45) is 0. The molecule has 0 saturated heterocycles. The van der Waals surface area contributed by atoms with Crippen LogP contribution in [0.4, 0.5) is 0 Å². The molecule has 0 aromatic heterocycles. The highest BCUT2D eigenvalue weighted by Gasteiger charge is 2.12. The van der Waals surface area contributed by atoms with Gasteiger partial charge in [-0.3, -0.25) is 14.4 Å². The van der Waals surface area contributed by atoms with Crippen molar-refractivity contribution in [3.63, 3.8) is 0 Å². The van der Waals surface area contributed by atoms with Crippen molar-refractivity contribution < 1.29 is 14.4 Å². The van der Waals surface area contributed by atoms with Crippen LogP contribution in [0.5, 0.6) is 0 Å². The van der Waals surface area contributed by atoms with E-state index in [0.29, 0.717) is 16.7 Å². The number of nitrogens with one attached hydrogen (secondary N) is 4. The number of amides is 3. The van der Waals surface area contributed by atoms with Gasteiger partial charge in [0.15, 0.2) is 0 Å². The van der Waals surface area contributed by atoms with E-state index in [9.17, 15) is 14.4 Å². The van der Waals surface area contributed by atoms with Crippen molar-refractivity contribution in [1.82, 2.24) is 26.4 Å². The predicted octanol–water partition coefficient (Wildman–Crippen LogP) is 1.96. The van der Waals surface area contributed by atoms with Crippen molar-refractivity contribution in [2.75, 3.05) is 20.0 Å². The first-order valence-electron chi connectivity index (χ1n) is 10.1. The number of carbonyl (C=O) groups is 3. The van der Waals surface area contributed by atoms with E-state index in [1.165, 1.54) is 0 Å². The Morgan fingerprint density at radius 2 is 0.875 bits per heavy atom. The van der Waals surface area contributed by atoms with Gasteiger partial charge in [0.25, 0.3) is 17.7 Å². The smallest absolute Gasteiger partial charge is 0.252 e. The molecule has 8 nitrogen and oxygen atoms in total. The van der Waals surface area contributed by atoms with Crippen LogP contribution in [-0.2, 0) is 0 Å². The van der Waals surface area contributed by atoms with Crippen LogP contribution in [0.1, 0.15) is 31.1 Å². The second-order valence-corrected chi connectivity index (χ2v) is 6.81. The van der Waals surface area contributed by atoms with Crippen LogP contribution in [0.25, 0.3) is 0 Å². The summed E-state index contributed by atoms with van der Waals surface area (Å²) in [5.41, 5.74) is 4.60. The first-order valence-corrected chi connectivity index (χ1v) is 10.1. The van der Waals surface area contributed by atoms with E-state index in [0.717, 1.165) is 0 Å². The molecule has 8 heteroatoms. The van der Waals surface area contributed by atoms with Gasteiger partial charge in [-0.15, -0.1) is 0 Å². The summed E-state index contributed by atoms with van der Waals surface area (Å²) in [5, 5.41) is 9.93. The lowest BCUT2D eigenvalue weighted by Gasteiger charge is -2.24. The van der Waals surface area contributed by atoms with Crippen molar-refractivity contribution in [2.24, 2.45) is 0 Å². The standard InChI is InChI=1S/C24H25N5O3/c30-22(19-10-4-1-5-11-19)25-16-28-29(17-26-23(31)20-12-6-2-7-13-20)18-27-24(32)21-14-8-3-9-15-21/h1-15,28H,16-18H2,(H,25,30)(H,26,31)(H,27,32). The zero-order valence-electron chi connectivity index (χ0n) is 17.5. The molecule has 32 heavy (non-hydrogen) atoms. The average molecular weight is 431 g/mol.